The van der Waals surface area contributed by atoms with Gasteiger partial charge in [-0.25, -0.2) is 4.39 Å². The molecule has 2 aromatic carbocycles. The molecule has 2 rings (SSSR count). The molecule has 19 heavy (non-hydrogen) atoms. The van der Waals surface area contributed by atoms with Crippen molar-refractivity contribution < 1.29 is 9.50 Å². The molecule has 0 bridgehead atoms. The van der Waals surface area contributed by atoms with Crippen molar-refractivity contribution in [3.63, 3.8) is 0 Å². The highest BCUT2D eigenvalue weighted by atomic mass is 32.2. The van der Waals surface area contributed by atoms with Gasteiger partial charge in [-0.1, -0.05) is 6.07 Å². The number of anilines is 1. The van der Waals surface area contributed by atoms with Gasteiger partial charge in [-0.05, 0) is 49.6 Å². The number of phenols is 1. The number of halogens is 1. The molecule has 0 aromatic heterocycles. The summed E-state index contributed by atoms with van der Waals surface area (Å²) in [7, 11) is 0. The molecule has 1 unspecified atom stereocenters. The van der Waals surface area contributed by atoms with Crippen LogP contribution in [0.5, 0.6) is 5.75 Å². The monoisotopic (exact) mass is 277 g/mol. The Morgan fingerprint density at radius 3 is 2.74 bits per heavy atom. The van der Waals surface area contributed by atoms with Crippen LogP contribution in [0.2, 0.25) is 0 Å². The first-order valence-corrected chi connectivity index (χ1v) is 7.21. The summed E-state index contributed by atoms with van der Waals surface area (Å²) in [6, 6.07) is 11.8. The molecule has 0 spiro atoms. The number of phenolic OH excluding ortho intramolecular Hbond substituents is 1. The lowest BCUT2D eigenvalue weighted by Gasteiger charge is -2.17. The Bertz CT molecular complexity index is 574. The predicted molar refractivity (Wildman–Crippen MR) is 78.3 cm³/mol. The highest BCUT2D eigenvalue weighted by Gasteiger charge is 2.11. The van der Waals surface area contributed by atoms with Crippen LogP contribution < -0.4 is 5.32 Å². The van der Waals surface area contributed by atoms with E-state index in [-0.39, 0.29) is 17.6 Å². The van der Waals surface area contributed by atoms with E-state index in [1.165, 1.54) is 18.2 Å². The minimum Gasteiger partial charge on any atom is -0.508 e. The molecule has 0 aliphatic carbocycles. The van der Waals surface area contributed by atoms with E-state index in [2.05, 4.69) is 5.32 Å². The van der Waals surface area contributed by atoms with Gasteiger partial charge in [0, 0.05) is 16.1 Å². The van der Waals surface area contributed by atoms with Crippen molar-refractivity contribution in [3.05, 3.63) is 53.8 Å². The maximum absolute atomic E-state index is 13.2. The molecular weight excluding hydrogens is 261 g/mol. The minimum atomic E-state index is -0.348. The fourth-order valence-electron chi connectivity index (χ4n) is 1.91. The highest BCUT2D eigenvalue weighted by Crippen LogP contribution is 2.28. The number of aromatic hydroxyl groups is 1. The van der Waals surface area contributed by atoms with Crippen LogP contribution in [0.25, 0.3) is 0 Å². The van der Waals surface area contributed by atoms with Crippen LogP contribution in [0.1, 0.15) is 18.5 Å². The van der Waals surface area contributed by atoms with Crippen molar-refractivity contribution in [2.75, 3.05) is 11.6 Å². The molecule has 0 aliphatic rings. The SMILES string of the molecule is CSc1cccc(NC(C)c2cc(F)ccc2O)c1. The average Bonchev–Trinajstić information content (AvgIpc) is 2.41. The molecule has 0 saturated carbocycles. The zero-order chi connectivity index (χ0) is 13.8. The lowest BCUT2D eigenvalue weighted by atomic mass is 10.1. The Morgan fingerprint density at radius 1 is 1.21 bits per heavy atom. The van der Waals surface area contributed by atoms with Crippen LogP contribution in [0.4, 0.5) is 10.1 Å². The van der Waals surface area contributed by atoms with Gasteiger partial charge in [0.1, 0.15) is 11.6 Å². The zero-order valence-corrected chi connectivity index (χ0v) is 11.7. The van der Waals surface area contributed by atoms with Crippen LogP contribution in [0.15, 0.2) is 47.4 Å². The molecule has 4 heteroatoms. The lowest BCUT2D eigenvalue weighted by molar-refractivity contribution is 0.462. The first kappa shape index (κ1) is 13.7. The molecular formula is C15H16FNOS. The molecule has 0 saturated heterocycles. The van der Waals surface area contributed by atoms with E-state index in [1.807, 2.05) is 37.4 Å². The Balaban J connectivity index is 2.20. The van der Waals surface area contributed by atoms with E-state index in [0.29, 0.717) is 5.56 Å². The molecule has 0 radical (unpaired) electrons. The molecule has 100 valence electrons. The third kappa shape index (κ3) is 3.41. The normalized spacial score (nSPS) is 12.2. The predicted octanol–water partition coefficient (Wildman–Crippen LogP) is 4.43. The summed E-state index contributed by atoms with van der Waals surface area (Å²) in [6.07, 6.45) is 2.01. The second kappa shape index (κ2) is 5.97. The lowest BCUT2D eigenvalue weighted by Crippen LogP contribution is -2.07. The van der Waals surface area contributed by atoms with Crippen LogP contribution in [0.3, 0.4) is 0 Å². The van der Waals surface area contributed by atoms with Gasteiger partial charge in [0.25, 0.3) is 0 Å². The highest BCUT2D eigenvalue weighted by molar-refractivity contribution is 7.98. The molecule has 0 fully saturated rings. The van der Waals surface area contributed by atoms with Gasteiger partial charge in [0.05, 0.1) is 6.04 Å². The molecule has 0 aliphatic heterocycles. The summed E-state index contributed by atoms with van der Waals surface area (Å²) in [6.45, 7) is 1.89. The summed E-state index contributed by atoms with van der Waals surface area (Å²) >= 11 is 1.66. The third-order valence-electron chi connectivity index (χ3n) is 2.91. The third-order valence-corrected chi connectivity index (χ3v) is 3.63. The molecule has 0 amide bonds. The van der Waals surface area contributed by atoms with E-state index >= 15 is 0 Å². The standard InChI is InChI=1S/C15H16FNOS/c1-10(14-8-11(16)6-7-15(14)18)17-12-4-3-5-13(9-12)19-2/h3-10,17-18H,1-2H3. The van der Waals surface area contributed by atoms with Gasteiger partial charge in [-0.15, -0.1) is 11.8 Å². The summed E-state index contributed by atoms with van der Waals surface area (Å²) in [5.41, 5.74) is 1.50. The van der Waals surface area contributed by atoms with Gasteiger partial charge in [0.2, 0.25) is 0 Å². The molecule has 1 atom stereocenters. The maximum atomic E-state index is 13.2. The van der Waals surface area contributed by atoms with Crippen LogP contribution in [-0.2, 0) is 0 Å². The van der Waals surface area contributed by atoms with Gasteiger partial charge in [0.15, 0.2) is 0 Å². The number of rotatable bonds is 4. The second-order valence-electron chi connectivity index (χ2n) is 4.30. The first-order chi connectivity index (χ1) is 9.10. The van der Waals surface area contributed by atoms with E-state index < -0.39 is 0 Å². The maximum Gasteiger partial charge on any atom is 0.123 e. The van der Waals surface area contributed by atoms with E-state index in [1.54, 1.807) is 11.8 Å². The summed E-state index contributed by atoms with van der Waals surface area (Å²) in [5, 5.41) is 13.0. The fourth-order valence-corrected chi connectivity index (χ4v) is 2.37. The number of hydrogen-bond donors (Lipinski definition) is 2. The van der Waals surface area contributed by atoms with Gasteiger partial charge in [-0.2, -0.15) is 0 Å². The van der Waals surface area contributed by atoms with Gasteiger partial charge < -0.3 is 10.4 Å². The van der Waals surface area contributed by atoms with Crippen molar-refractivity contribution in [3.8, 4) is 5.75 Å². The second-order valence-corrected chi connectivity index (χ2v) is 5.18. The molecule has 0 heterocycles. The molecule has 2 aromatic rings. The van der Waals surface area contributed by atoms with E-state index in [4.69, 9.17) is 0 Å². The van der Waals surface area contributed by atoms with Crippen LogP contribution >= 0.6 is 11.8 Å². The number of benzene rings is 2. The van der Waals surface area contributed by atoms with Gasteiger partial charge in [-0.3, -0.25) is 0 Å². The summed E-state index contributed by atoms with van der Waals surface area (Å²) in [5.74, 6) is -0.248. The van der Waals surface area contributed by atoms with Crippen LogP contribution in [0, 0.1) is 5.82 Å². The van der Waals surface area contributed by atoms with Crippen molar-refractivity contribution >= 4 is 17.4 Å². The quantitative estimate of drug-likeness (QED) is 0.811. The van der Waals surface area contributed by atoms with E-state index in [9.17, 15) is 9.50 Å². The average molecular weight is 277 g/mol. The van der Waals surface area contributed by atoms with Crippen molar-refractivity contribution in [2.24, 2.45) is 0 Å². The Kier molecular flexibility index (Phi) is 4.32. The number of hydrogen-bond acceptors (Lipinski definition) is 3. The van der Waals surface area contributed by atoms with Crippen molar-refractivity contribution in [1.29, 1.82) is 0 Å². The summed E-state index contributed by atoms with van der Waals surface area (Å²) < 4.78 is 13.2. The number of thioether (sulfide) groups is 1. The molecule has 2 N–H and O–H groups in total. The smallest absolute Gasteiger partial charge is 0.123 e. The fraction of sp³-hybridized carbons (Fsp3) is 0.200. The largest absolute Gasteiger partial charge is 0.508 e. The molecule has 2 nitrogen and oxygen atoms in total. The Hall–Kier alpha value is -1.68. The topological polar surface area (TPSA) is 32.3 Å². The van der Waals surface area contributed by atoms with Gasteiger partial charge >= 0.3 is 0 Å². The summed E-state index contributed by atoms with van der Waals surface area (Å²) in [4.78, 5) is 1.15. The Labute approximate surface area is 116 Å². The van der Waals surface area contributed by atoms with Crippen molar-refractivity contribution in [2.45, 2.75) is 17.9 Å². The minimum absolute atomic E-state index is 0.0995. The number of nitrogens with one attached hydrogen (secondary N) is 1. The van der Waals surface area contributed by atoms with Crippen molar-refractivity contribution in [1.82, 2.24) is 0 Å². The first-order valence-electron chi connectivity index (χ1n) is 5.99. The Morgan fingerprint density at radius 2 is 2.00 bits per heavy atom. The van der Waals surface area contributed by atoms with Crippen LogP contribution in [-0.4, -0.2) is 11.4 Å². The zero-order valence-electron chi connectivity index (χ0n) is 10.9. The van der Waals surface area contributed by atoms with E-state index in [0.717, 1.165) is 10.6 Å².